The summed E-state index contributed by atoms with van der Waals surface area (Å²) in [5.74, 6) is 0. The van der Waals surface area contributed by atoms with Crippen LogP contribution < -0.4 is 0 Å². The van der Waals surface area contributed by atoms with Gasteiger partial charge >= 0.3 is 0 Å². The van der Waals surface area contributed by atoms with Crippen LogP contribution in [0, 0.1) is 0 Å². The Hall–Kier alpha value is -2.00. The largest absolute Gasteiger partial charge is 0.247 e. The first-order valence-corrected chi connectivity index (χ1v) is 6.81. The molecule has 0 saturated heterocycles. The molecule has 3 rings (SSSR count). The van der Waals surface area contributed by atoms with E-state index in [1.165, 1.54) is 0 Å². The van der Waals surface area contributed by atoms with Gasteiger partial charge in [-0.2, -0.15) is 0 Å². The third kappa shape index (κ3) is 2.05. The van der Waals surface area contributed by atoms with E-state index in [9.17, 15) is 4.21 Å². The molecule has 0 fully saturated rings. The molecule has 3 aromatic rings. The molecule has 2 nitrogen and oxygen atoms in total. The monoisotopic (exact) mass is 253 g/mol. The first-order valence-electron chi connectivity index (χ1n) is 5.66. The van der Waals surface area contributed by atoms with Gasteiger partial charge in [0.15, 0.2) is 0 Å². The van der Waals surface area contributed by atoms with Gasteiger partial charge in [0.25, 0.3) is 0 Å². The third-order valence-electron chi connectivity index (χ3n) is 2.76. The van der Waals surface area contributed by atoms with Crippen molar-refractivity contribution in [1.29, 1.82) is 0 Å². The zero-order chi connectivity index (χ0) is 12.4. The van der Waals surface area contributed by atoms with E-state index < -0.39 is 10.8 Å². The molecule has 0 saturated carbocycles. The maximum atomic E-state index is 12.3. The number of fused-ring (bicyclic) bond motifs is 1. The Morgan fingerprint density at radius 2 is 1.61 bits per heavy atom. The smallest absolute Gasteiger partial charge is 0.132 e. The van der Waals surface area contributed by atoms with Gasteiger partial charge in [-0.3, -0.25) is 0 Å². The Kier molecular flexibility index (Phi) is 2.90. The molecule has 0 spiro atoms. The maximum absolute atomic E-state index is 12.3. The maximum Gasteiger partial charge on any atom is 0.132 e. The summed E-state index contributed by atoms with van der Waals surface area (Å²) in [6, 6.07) is 19.3. The summed E-state index contributed by atoms with van der Waals surface area (Å²) in [6.07, 6.45) is 1.66. The van der Waals surface area contributed by atoms with Crippen LogP contribution in [0.3, 0.4) is 0 Å². The van der Waals surface area contributed by atoms with Crippen LogP contribution in [0.1, 0.15) is 0 Å². The van der Waals surface area contributed by atoms with Crippen LogP contribution in [0.15, 0.2) is 76.8 Å². The summed E-state index contributed by atoms with van der Waals surface area (Å²) in [5, 5.41) is 2.84. The van der Waals surface area contributed by atoms with Gasteiger partial charge in [-0.05, 0) is 35.0 Å². The average molecular weight is 253 g/mol. The zero-order valence-electron chi connectivity index (χ0n) is 9.61. The molecule has 1 atom stereocenters. The minimum absolute atomic E-state index is 0.591. The van der Waals surface area contributed by atoms with Crippen LogP contribution in [-0.4, -0.2) is 9.19 Å². The number of hydrogen-bond acceptors (Lipinski definition) is 2. The first-order chi connectivity index (χ1) is 8.84. The molecule has 1 heterocycles. The van der Waals surface area contributed by atoms with E-state index in [2.05, 4.69) is 4.98 Å². The standard InChI is InChI=1S/C15H11NOS/c17-18(15-7-3-4-10-16-15)14-9-8-12-5-1-2-6-13(12)11-14/h1-11H. The van der Waals surface area contributed by atoms with Crippen molar-refractivity contribution in [3.8, 4) is 0 Å². The number of rotatable bonds is 2. The van der Waals surface area contributed by atoms with E-state index in [4.69, 9.17) is 0 Å². The van der Waals surface area contributed by atoms with Crippen LogP contribution in [0.25, 0.3) is 10.8 Å². The molecule has 1 aromatic heterocycles. The fraction of sp³-hybridized carbons (Fsp3) is 0. The number of pyridine rings is 1. The molecule has 2 aromatic carbocycles. The van der Waals surface area contributed by atoms with Crippen molar-refractivity contribution in [3.05, 3.63) is 66.9 Å². The SMILES string of the molecule is O=S(c1ccc2ccccc2c1)c1ccccn1. The van der Waals surface area contributed by atoms with Crippen molar-refractivity contribution in [2.24, 2.45) is 0 Å². The average Bonchev–Trinajstić information content (AvgIpc) is 2.47. The molecular weight excluding hydrogens is 242 g/mol. The van der Waals surface area contributed by atoms with Crippen LogP contribution in [0.5, 0.6) is 0 Å². The van der Waals surface area contributed by atoms with Crippen molar-refractivity contribution in [2.75, 3.05) is 0 Å². The number of aromatic nitrogens is 1. The fourth-order valence-corrected chi connectivity index (χ4v) is 2.89. The van der Waals surface area contributed by atoms with Gasteiger partial charge in [-0.1, -0.05) is 36.4 Å². The number of hydrogen-bond donors (Lipinski definition) is 0. The molecular formula is C15H11NOS. The molecule has 0 aliphatic rings. The van der Waals surface area contributed by atoms with Gasteiger partial charge in [0.05, 0.1) is 0 Å². The predicted molar refractivity (Wildman–Crippen MR) is 72.9 cm³/mol. The van der Waals surface area contributed by atoms with Crippen molar-refractivity contribution in [2.45, 2.75) is 9.92 Å². The molecule has 1 unspecified atom stereocenters. The highest BCUT2D eigenvalue weighted by Crippen LogP contribution is 2.20. The van der Waals surface area contributed by atoms with Crippen LogP contribution in [0.4, 0.5) is 0 Å². The summed E-state index contributed by atoms with van der Waals surface area (Å²) in [6.45, 7) is 0. The summed E-state index contributed by atoms with van der Waals surface area (Å²) < 4.78 is 12.3. The lowest BCUT2D eigenvalue weighted by Gasteiger charge is -2.03. The van der Waals surface area contributed by atoms with Gasteiger partial charge in [0.2, 0.25) is 0 Å². The van der Waals surface area contributed by atoms with E-state index in [0.29, 0.717) is 5.03 Å². The van der Waals surface area contributed by atoms with E-state index in [0.717, 1.165) is 15.7 Å². The molecule has 0 radical (unpaired) electrons. The molecule has 88 valence electrons. The molecule has 3 heteroatoms. The Balaban J connectivity index is 2.07. The Bertz CT molecular complexity index is 710. The second-order valence-electron chi connectivity index (χ2n) is 3.95. The fourth-order valence-electron chi connectivity index (χ4n) is 1.86. The van der Waals surface area contributed by atoms with Gasteiger partial charge in [0.1, 0.15) is 15.8 Å². The predicted octanol–water partition coefficient (Wildman–Crippen LogP) is 3.40. The lowest BCUT2D eigenvalue weighted by molar-refractivity contribution is 0.680. The Morgan fingerprint density at radius 1 is 0.833 bits per heavy atom. The van der Waals surface area contributed by atoms with Crippen molar-refractivity contribution in [1.82, 2.24) is 4.98 Å². The highest BCUT2D eigenvalue weighted by atomic mass is 32.2. The van der Waals surface area contributed by atoms with Gasteiger partial charge < -0.3 is 0 Å². The van der Waals surface area contributed by atoms with Gasteiger partial charge in [-0.25, -0.2) is 9.19 Å². The lowest BCUT2D eigenvalue weighted by atomic mass is 10.1. The topological polar surface area (TPSA) is 30.0 Å². The Morgan fingerprint density at radius 3 is 2.39 bits per heavy atom. The van der Waals surface area contributed by atoms with Crippen molar-refractivity contribution < 1.29 is 4.21 Å². The molecule has 0 aliphatic carbocycles. The quantitative estimate of drug-likeness (QED) is 0.700. The van der Waals surface area contributed by atoms with Gasteiger partial charge in [-0.15, -0.1) is 0 Å². The second kappa shape index (κ2) is 4.70. The summed E-state index contributed by atoms with van der Waals surface area (Å²) in [7, 11) is -1.21. The number of benzene rings is 2. The van der Waals surface area contributed by atoms with Crippen LogP contribution in [-0.2, 0) is 10.8 Å². The lowest BCUT2D eigenvalue weighted by Crippen LogP contribution is -1.95. The summed E-state index contributed by atoms with van der Waals surface area (Å²) in [5.41, 5.74) is 0. The second-order valence-corrected chi connectivity index (χ2v) is 5.37. The minimum Gasteiger partial charge on any atom is -0.247 e. The van der Waals surface area contributed by atoms with E-state index >= 15 is 0 Å². The molecule has 18 heavy (non-hydrogen) atoms. The van der Waals surface area contributed by atoms with Crippen molar-refractivity contribution in [3.63, 3.8) is 0 Å². The minimum atomic E-state index is -1.21. The van der Waals surface area contributed by atoms with E-state index in [1.54, 1.807) is 12.3 Å². The molecule has 0 bridgehead atoms. The van der Waals surface area contributed by atoms with Crippen LogP contribution >= 0.6 is 0 Å². The Labute approximate surface area is 108 Å². The van der Waals surface area contributed by atoms with E-state index in [-0.39, 0.29) is 0 Å². The summed E-state index contributed by atoms with van der Waals surface area (Å²) in [4.78, 5) is 4.92. The number of nitrogens with zero attached hydrogens (tertiary/aromatic N) is 1. The van der Waals surface area contributed by atoms with Gasteiger partial charge in [0, 0.05) is 11.1 Å². The third-order valence-corrected chi connectivity index (χ3v) is 4.07. The zero-order valence-corrected chi connectivity index (χ0v) is 10.4. The normalized spacial score (nSPS) is 12.4. The summed E-state index contributed by atoms with van der Waals surface area (Å²) >= 11 is 0. The highest BCUT2D eigenvalue weighted by Gasteiger charge is 2.08. The first kappa shape index (κ1) is 11.1. The molecule has 0 amide bonds. The van der Waals surface area contributed by atoms with Crippen molar-refractivity contribution >= 4 is 21.6 Å². The van der Waals surface area contributed by atoms with E-state index in [1.807, 2.05) is 54.6 Å². The van der Waals surface area contributed by atoms with Crippen LogP contribution in [0.2, 0.25) is 0 Å². The molecule has 0 N–H and O–H groups in total. The highest BCUT2D eigenvalue weighted by molar-refractivity contribution is 7.85. The molecule has 0 aliphatic heterocycles.